The van der Waals surface area contributed by atoms with E-state index in [4.69, 9.17) is 0 Å². The van der Waals surface area contributed by atoms with E-state index in [2.05, 4.69) is 20.2 Å². The molecule has 11 heavy (non-hydrogen) atoms. The molecule has 0 saturated carbocycles. The van der Waals surface area contributed by atoms with Crippen molar-refractivity contribution in [3.63, 3.8) is 0 Å². The highest BCUT2D eigenvalue weighted by Gasteiger charge is 2.12. The number of nitrogens with one attached hydrogen (secondary N) is 1. The lowest BCUT2D eigenvalue weighted by Crippen LogP contribution is -2.25. The first kappa shape index (κ1) is 7.67. The summed E-state index contributed by atoms with van der Waals surface area (Å²) in [5, 5.41) is 10.4. The molecule has 0 aliphatic carbocycles. The number of carbonyl (C=O) groups is 1. The van der Waals surface area contributed by atoms with E-state index in [0.29, 0.717) is 0 Å². The third-order valence-electron chi connectivity index (χ3n) is 1.20. The first-order valence-corrected chi connectivity index (χ1v) is 2.94. The minimum Gasteiger partial charge on any atom is -0.274 e. The number of hydroxylamine groups is 2. The average molecular weight is 156 g/mol. The topological polar surface area (TPSA) is 71.1 Å². The van der Waals surface area contributed by atoms with Crippen molar-refractivity contribution in [3.8, 4) is 0 Å². The molecule has 0 bridgehead atoms. The minimum atomic E-state index is -0.332. The van der Waals surface area contributed by atoms with Gasteiger partial charge in [0.2, 0.25) is 0 Å². The Bertz CT molecular complexity index is 233. The molecule has 0 atom stereocenters. The molecule has 60 valence electrons. The van der Waals surface area contributed by atoms with E-state index in [1.54, 1.807) is 0 Å². The minimum absolute atomic E-state index is 0.231. The van der Waals surface area contributed by atoms with Crippen molar-refractivity contribution < 1.29 is 9.63 Å². The Morgan fingerprint density at radius 2 is 2.55 bits per heavy atom. The van der Waals surface area contributed by atoms with E-state index >= 15 is 0 Å². The number of aromatic amines is 1. The van der Waals surface area contributed by atoms with Crippen LogP contribution in [0.15, 0.2) is 6.20 Å². The second-order valence-electron chi connectivity index (χ2n) is 1.84. The molecule has 1 aromatic heterocycles. The van der Waals surface area contributed by atoms with E-state index in [0.717, 1.165) is 5.06 Å². The number of amides is 1. The Labute approximate surface area is 63.1 Å². The molecule has 0 saturated heterocycles. The molecule has 0 unspecified atom stereocenters. The van der Waals surface area contributed by atoms with Gasteiger partial charge in [-0.3, -0.25) is 14.7 Å². The molecule has 1 amide bonds. The quantitative estimate of drug-likeness (QED) is 0.582. The van der Waals surface area contributed by atoms with Crippen LogP contribution in [0.3, 0.4) is 0 Å². The molecule has 1 N–H and O–H groups in total. The van der Waals surface area contributed by atoms with E-state index in [9.17, 15) is 4.79 Å². The predicted molar refractivity (Wildman–Crippen MR) is 35.5 cm³/mol. The van der Waals surface area contributed by atoms with Gasteiger partial charge in [-0.1, -0.05) is 5.21 Å². The van der Waals surface area contributed by atoms with Crippen LogP contribution in [0.4, 0.5) is 0 Å². The van der Waals surface area contributed by atoms with Crippen LogP contribution in [0.5, 0.6) is 0 Å². The predicted octanol–water partition coefficient (Wildman–Crippen LogP) is -0.562. The van der Waals surface area contributed by atoms with Gasteiger partial charge < -0.3 is 0 Å². The van der Waals surface area contributed by atoms with E-state index in [-0.39, 0.29) is 11.6 Å². The number of hydrogen-bond acceptors (Lipinski definition) is 4. The van der Waals surface area contributed by atoms with Crippen molar-refractivity contribution in [1.82, 2.24) is 20.5 Å². The normalized spacial score (nSPS) is 9.64. The van der Waals surface area contributed by atoms with Gasteiger partial charge in [-0.2, -0.15) is 0 Å². The van der Waals surface area contributed by atoms with Crippen LogP contribution < -0.4 is 0 Å². The molecule has 0 radical (unpaired) electrons. The monoisotopic (exact) mass is 156 g/mol. The fraction of sp³-hybridized carbons (Fsp3) is 0.400. The molecule has 0 aliphatic rings. The van der Waals surface area contributed by atoms with Crippen molar-refractivity contribution >= 4 is 5.91 Å². The SMILES string of the molecule is CON(C)C(=O)c1c[nH]nn1. The van der Waals surface area contributed by atoms with Gasteiger partial charge in [0, 0.05) is 7.05 Å². The molecular formula is C5H8N4O2. The molecule has 6 heteroatoms. The van der Waals surface area contributed by atoms with E-state index in [1.165, 1.54) is 20.4 Å². The molecule has 1 rings (SSSR count). The summed E-state index contributed by atoms with van der Waals surface area (Å²) in [5.74, 6) is -0.332. The summed E-state index contributed by atoms with van der Waals surface area (Å²) in [7, 11) is 2.90. The fourth-order valence-electron chi connectivity index (χ4n) is 0.550. The first-order valence-electron chi connectivity index (χ1n) is 2.94. The highest BCUT2D eigenvalue weighted by molar-refractivity contribution is 5.90. The zero-order valence-electron chi connectivity index (χ0n) is 6.24. The summed E-state index contributed by atoms with van der Waals surface area (Å²) in [4.78, 5) is 15.8. The van der Waals surface area contributed by atoms with Crippen LogP contribution in [-0.2, 0) is 4.84 Å². The lowest BCUT2D eigenvalue weighted by molar-refractivity contribution is -0.0760. The van der Waals surface area contributed by atoms with Crippen molar-refractivity contribution in [1.29, 1.82) is 0 Å². The van der Waals surface area contributed by atoms with Crippen molar-refractivity contribution in [2.45, 2.75) is 0 Å². The largest absolute Gasteiger partial charge is 0.299 e. The van der Waals surface area contributed by atoms with Gasteiger partial charge in [-0.05, 0) is 0 Å². The number of H-pyrrole nitrogens is 1. The number of hydrogen-bond donors (Lipinski definition) is 1. The molecule has 1 heterocycles. The highest BCUT2D eigenvalue weighted by atomic mass is 16.7. The number of nitrogens with zero attached hydrogens (tertiary/aromatic N) is 3. The number of carbonyl (C=O) groups excluding carboxylic acids is 1. The molecule has 0 aliphatic heterocycles. The Morgan fingerprint density at radius 1 is 1.82 bits per heavy atom. The summed E-state index contributed by atoms with van der Waals surface area (Å²) in [5.41, 5.74) is 0.231. The molecule has 0 fully saturated rings. The average Bonchev–Trinajstić information content (AvgIpc) is 2.53. The van der Waals surface area contributed by atoms with E-state index in [1.807, 2.05) is 0 Å². The van der Waals surface area contributed by atoms with Gasteiger partial charge in [0.1, 0.15) is 0 Å². The summed E-state index contributed by atoms with van der Waals surface area (Å²) >= 11 is 0. The van der Waals surface area contributed by atoms with Gasteiger partial charge in [0.05, 0.1) is 13.3 Å². The van der Waals surface area contributed by atoms with Crippen LogP contribution in [0.2, 0.25) is 0 Å². The zero-order valence-corrected chi connectivity index (χ0v) is 6.24. The van der Waals surface area contributed by atoms with Gasteiger partial charge in [-0.15, -0.1) is 5.10 Å². The molecule has 1 aromatic rings. The van der Waals surface area contributed by atoms with Gasteiger partial charge >= 0.3 is 0 Å². The Morgan fingerprint density at radius 3 is 3.00 bits per heavy atom. The summed E-state index contributed by atoms with van der Waals surface area (Å²) < 4.78 is 0. The van der Waals surface area contributed by atoms with Gasteiger partial charge in [0.25, 0.3) is 5.91 Å². The lowest BCUT2D eigenvalue weighted by atomic mass is 10.4. The molecule has 0 spiro atoms. The number of aromatic nitrogens is 3. The van der Waals surface area contributed by atoms with Gasteiger partial charge in [-0.25, -0.2) is 5.06 Å². The highest BCUT2D eigenvalue weighted by Crippen LogP contribution is 1.95. The smallest absolute Gasteiger partial charge is 0.274 e. The summed E-state index contributed by atoms with van der Waals surface area (Å²) in [6.07, 6.45) is 1.40. The van der Waals surface area contributed by atoms with Crippen LogP contribution in [0, 0.1) is 0 Å². The van der Waals surface area contributed by atoms with Crippen molar-refractivity contribution in [2.24, 2.45) is 0 Å². The standard InChI is InChI=1S/C5H8N4O2/c1-9(11-2)5(10)4-3-6-8-7-4/h3H,1-2H3,(H,6,7,8). The van der Waals surface area contributed by atoms with Crippen LogP contribution in [0.1, 0.15) is 10.5 Å². The summed E-state index contributed by atoms with van der Waals surface area (Å²) in [6, 6.07) is 0. The summed E-state index contributed by atoms with van der Waals surface area (Å²) in [6.45, 7) is 0. The third kappa shape index (κ3) is 1.53. The lowest BCUT2D eigenvalue weighted by Gasteiger charge is -2.10. The Balaban J connectivity index is 2.70. The zero-order chi connectivity index (χ0) is 8.27. The molecule has 6 nitrogen and oxygen atoms in total. The number of rotatable bonds is 2. The third-order valence-corrected chi connectivity index (χ3v) is 1.20. The maximum absolute atomic E-state index is 11.1. The molecular weight excluding hydrogens is 148 g/mol. The fourth-order valence-corrected chi connectivity index (χ4v) is 0.550. The maximum Gasteiger partial charge on any atom is 0.299 e. The van der Waals surface area contributed by atoms with Gasteiger partial charge in [0.15, 0.2) is 5.69 Å². The van der Waals surface area contributed by atoms with Crippen molar-refractivity contribution in [2.75, 3.05) is 14.2 Å². The first-order chi connectivity index (χ1) is 5.25. The van der Waals surface area contributed by atoms with Crippen LogP contribution in [0.25, 0.3) is 0 Å². The Kier molecular flexibility index (Phi) is 2.17. The maximum atomic E-state index is 11.1. The van der Waals surface area contributed by atoms with Crippen LogP contribution >= 0.6 is 0 Å². The second kappa shape index (κ2) is 3.11. The van der Waals surface area contributed by atoms with Crippen LogP contribution in [-0.4, -0.2) is 40.5 Å². The molecule has 0 aromatic carbocycles. The van der Waals surface area contributed by atoms with E-state index < -0.39 is 0 Å². The van der Waals surface area contributed by atoms with Crippen molar-refractivity contribution in [3.05, 3.63) is 11.9 Å². The second-order valence-corrected chi connectivity index (χ2v) is 1.84. The Hall–Kier alpha value is -1.43.